The van der Waals surface area contributed by atoms with Crippen LogP contribution in [0.25, 0.3) is 0 Å². The van der Waals surface area contributed by atoms with Gasteiger partial charge in [0.15, 0.2) is 0 Å². The highest BCUT2D eigenvalue weighted by atomic mass is 35.5. The first-order valence-electron chi connectivity index (χ1n) is 14.0. The summed E-state index contributed by atoms with van der Waals surface area (Å²) >= 11 is 5.94. The minimum absolute atomic E-state index is 0.285. The number of hydrogen-bond acceptors (Lipinski definition) is 3. The molecule has 5 rings (SSSR count). The molecule has 0 unspecified atom stereocenters. The van der Waals surface area contributed by atoms with Gasteiger partial charge in [-0.1, -0.05) is 121 Å². The summed E-state index contributed by atoms with van der Waals surface area (Å²) in [5, 5.41) is 1.92. The molecule has 0 aliphatic heterocycles. The monoisotopic (exact) mass is 595 g/mol. The van der Waals surface area contributed by atoms with Crippen molar-refractivity contribution in [3.05, 3.63) is 172 Å². The molecule has 4 aromatic carbocycles. The fourth-order valence-electron chi connectivity index (χ4n) is 5.29. The molecule has 0 radical (unpaired) electrons. The van der Waals surface area contributed by atoms with E-state index in [4.69, 9.17) is 16.6 Å². The number of aromatic nitrogens is 2. The molecule has 7 heteroatoms. The van der Waals surface area contributed by atoms with Crippen LogP contribution in [0.1, 0.15) is 40.8 Å². The predicted octanol–water partition coefficient (Wildman–Crippen LogP) is 7.67. The normalized spacial score (nSPS) is 12.3. The fraction of sp³-hybridized carbons (Fsp3) is 0.171. The number of sulfonamides is 1. The van der Waals surface area contributed by atoms with Crippen LogP contribution >= 0.6 is 11.6 Å². The standard InChI is InChI=1S/C35H34ClN3O2S/c1-38(26-29-21-23-33(36)24-22-29)42(40,41)25-13-5-12-20-34-27-39(28-37-34)35(30-14-6-2-7-15-30,31-16-8-3-9-17-31)32-18-10-4-11-19-32/h2-4,6-11,13-19,21-25,27-28H,5,12,20,26H2,1H3/b25-13+. The van der Waals surface area contributed by atoms with Crippen LogP contribution in [0.2, 0.25) is 5.02 Å². The molecule has 0 saturated carbocycles. The topological polar surface area (TPSA) is 55.2 Å². The van der Waals surface area contributed by atoms with Gasteiger partial charge in [-0.25, -0.2) is 13.4 Å². The Hall–Kier alpha value is -3.97. The molecule has 42 heavy (non-hydrogen) atoms. The number of hydrogen-bond donors (Lipinski definition) is 0. The van der Waals surface area contributed by atoms with Crippen LogP contribution in [0.3, 0.4) is 0 Å². The van der Waals surface area contributed by atoms with E-state index in [0.29, 0.717) is 11.4 Å². The van der Waals surface area contributed by atoms with Crippen LogP contribution < -0.4 is 0 Å². The van der Waals surface area contributed by atoms with E-state index in [1.165, 1.54) is 9.71 Å². The first kappa shape index (κ1) is 29.5. The summed E-state index contributed by atoms with van der Waals surface area (Å²) in [6, 6.07) is 38.7. The SMILES string of the molecule is CN(Cc1ccc(Cl)cc1)S(=O)(=O)/C=C/CCCc1cn(C(c2ccccc2)(c2ccccc2)c2ccccc2)cn1. The Kier molecular flexibility index (Phi) is 9.38. The van der Waals surface area contributed by atoms with E-state index in [0.717, 1.165) is 40.8 Å². The molecule has 0 saturated heterocycles. The molecule has 0 atom stereocenters. The molecule has 214 valence electrons. The van der Waals surface area contributed by atoms with Gasteiger partial charge in [0.25, 0.3) is 0 Å². The smallest absolute Gasteiger partial charge is 0.235 e. The minimum atomic E-state index is -3.52. The number of aryl methyl sites for hydroxylation is 1. The van der Waals surface area contributed by atoms with E-state index in [-0.39, 0.29) is 6.54 Å². The number of unbranched alkanes of at least 4 members (excludes halogenated alkanes) is 1. The van der Waals surface area contributed by atoms with Gasteiger partial charge in [0.1, 0.15) is 5.54 Å². The van der Waals surface area contributed by atoms with Gasteiger partial charge in [-0.2, -0.15) is 4.31 Å². The summed E-state index contributed by atoms with van der Waals surface area (Å²) in [4.78, 5) is 4.79. The molecule has 5 aromatic rings. The molecule has 0 N–H and O–H groups in total. The van der Waals surface area contributed by atoms with Gasteiger partial charge in [-0.15, -0.1) is 0 Å². The number of benzene rings is 4. The Bertz CT molecular complexity index is 1610. The lowest BCUT2D eigenvalue weighted by atomic mass is 9.77. The third-order valence-electron chi connectivity index (χ3n) is 7.42. The summed E-state index contributed by atoms with van der Waals surface area (Å²) in [6.07, 6.45) is 7.89. The van der Waals surface area contributed by atoms with Crippen molar-refractivity contribution in [1.29, 1.82) is 0 Å². The Morgan fingerprint density at radius 3 is 1.86 bits per heavy atom. The van der Waals surface area contributed by atoms with E-state index in [9.17, 15) is 8.42 Å². The highest BCUT2D eigenvalue weighted by Gasteiger charge is 2.38. The van der Waals surface area contributed by atoms with Crippen molar-refractivity contribution in [2.24, 2.45) is 0 Å². The number of nitrogens with zero attached hydrogens (tertiary/aromatic N) is 3. The number of halogens is 1. The van der Waals surface area contributed by atoms with E-state index in [1.807, 2.05) is 36.7 Å². The maximum atomic E-state index is 12.8. The molecule has 1 aromatic heterocycles. The predicted molar refractivity (Wildman–Crippen MR) is 171 cm³/mol. The van der Waals surface area contributed by atoms with Crippen molar-refractivity contribution in [3.8, 4) is 0 Å². The summed E-state index contributed by atoms with van der Waals surface area (Å²) in [5.41, 5.74) is 4.66. The zero-order chi connectivity index (χ0) is 29.4. The van der Waals surface area contributed by atoms with Crippen LogP contribution in [0.4, 0.5) is 0 Å². The van der Waals surface area contributed by atoms with E-state index < -0.39 is 15.6 Å². The molecule has 0 fully saturated rings. The molecule has 1 heterocycles. The van der Waals surface area contributed by atoms with Gasteiger partial charge in [0.05, 0.1) is 12.0 Å². The molecular formula is C35H34ClN3O2S. The summed E-state index contributed by atoms with van der Waals surface area (Å²) in [7, 11) is -1.94. The second kappa shape index (κ2) is 13.3. The van der Waals surface area contributed by atoms with E-state index in [1.54, 1.807) is 25.3 Å². The van der Waals surface area contributed by atoms with E-state index >= 15 is 0 Å². The summed E-state index contributed by atoms with van der Waals surface area (Å²) in [6.45, 7) is 0.285. The molecular weight excluding hydrogens is 562 g/mol. The van der Waals surface area contributed by atoms with Gasteiger partial charge in [0, 0.05) is 30.2 Å². The lowest BCUT2D eigenvalue weighted by Crippen LogP contribution is -2.36. The van der Waals surface area contributed by atoms with Gasteiger partial charge >= 0.3 is 0 Å². The van der Waals surface area contributed by atoms with Gasteiger partial charge in [0.2, 0.25) is 10.0 Å². The third-order valence-corrected chi connectivity index (χ3v) is 9.21. The Morgan fingerprint density at radius 2 is 1.33 bits per heavy atom. The Labute approximate surface area is 253 Å². The molecule has 0 spiro atoms. The number of rotatable bonds is 12. The summed E-state index contributed by atoms with van der Waals surface area (Å²) in [5.74, 6) is 0. The molecule has 0 amide bonds. The quantitative estimate of drug-likeness (QED) is 0.110. The zero-order valence-electron chi connectivity index (χ0n) is 23.6. The lowest BCUT2D eigenvalue weighted by molar-refractivity contribution is 0.475. The highest BCUT2D eigenvalue weighted by molar-refractivity contribution is 7.92. The molecule has 0 aliphatic rings. The van der Waals surface area contributed by atoms with Crippen molar-refractivity contribution >= 4 is 21.6 Å². The number of imidazole rings is 1. The fourth-order valence-corrected chi connectivity index (χ4v) is 6.33. The Morgan fingerprint density at radius 1 is 0.810 bits per heavy atom. The first-order chi connectivity index (χ1) is 20.4. The average Bonchev–Trinajstić information content (AvgIpc) is 3.49. The van der Waals surface area contributed by atoms with Crippen molar-refractivity contribution in [2.45, 2.75) is 31.3 Å². The maximum absolute atomic E-state index is 12.8. The van der Waals surface area contributed by atoms with E-state index in [2.05, 4.69) is 83.6 Å². The third kappa shape index (κ3) is 6.57. The largest absolute Gasteiger partial charge is 0.319 e. The summed E-state index contributed by atoms with van der Waals surface area (Å²) < 4.78 is 29.0. The van der Waals surface area contributed by atoms with Crippen LogP contribution in [0.5, 0.6) is 0 Å². The zero-order valence-corrected chi connectivity index (χ0v) is 25.1. The van der Waals surface area contributed by atoms with Crippen molar-refractivity contribution in [1.82, 2.24) is 13.9 Å². The molecule has 0 bridgehead atoms. The van der Waals surface area contributed by atoms with Crippen LogP contribution in [-0.4, -0.2) is 29.3 Å². The maximum Gasteiger partial charge on any atom is 0.235 e. The van der Waals surface area contributed by atoms with Gasteiger partial charge in [-0.3, -0.25) is 0 Å². The van der Waals surface area contributed by atoms with Crippen LogP contribution in [0.15, 0.2) is 139 Å². The van der Waals surface area contributed by atoms with Crippen molar-refractivity contribution in [2.75, 3.05) is 7.05 Å². The molecule has 5 nitrogen and oxygen atoms in total. The van der Waals surface area contributed by atoms with Gasteiger partial charge < -0.3 is 4.57 Å². The van der Waals surface area contributed by atoms with Crippen molar-refractivity contribution in [3.63, 3.8) is 0 Å². The minimum Gasteiger partial charge on any atom is -0.319 e. The van der Waals surface area contributed by atoms with Crippen molar-refractivity contribution < 1.29 is 8.42 Å². The average molecular weight is 596 g/mol. The van der Waals surface area contributed by atoms with Crippen LogP contribution in [-0.2, 0) is 28.5 Å². The highest BCUT2D eigenvalue weighted by Crippen LogP contribution is 2.40. The van der Waals surface area contributed by atoms with Gasteiger partial charge in [-0.05, 0) is 53.6 Å². The van der Waals surface area contributed by atoms with Crippen LogP contribution in [0, 0.1) is 0 Å². The lowest BCUT2D eigenvalue weighted by Gasteiger charge is -2.37. The second-order valence-electron chi connectivity index (χ2n) is 10.3. The second-order valence-corrected chi connectivity index (χ2v) is 12.6. The first-order valence-corrected chi connectivity index (χ1v) is 15.8. The Balaban J connectivity index is 1.32. The number of allylic oxidation sites excluding steroid dienone is 1. The molecule has 0 aliphatic carbocycles.